The molecule has 1 N–H and O–H groups in total. The van der Waals surface area contributed by atoms with E-state index in [2.05, 4.69) is 19.2 Å². The van der Waals surface area contributed by atoms with Crippen LogP contribution in [0.1, 0.15) is 87.5 Å². The zero-order valence-corrected chi connectivity index (χ0v) is 20.0. The second kappa shape index (κ2) is 9.54. The van der Waals surface area contributed by atoms with Crippen molar-refractivity contribution >= 4 is 11.9 Å². The molecule has 0 atom stereocenters. The van der Waals surface area contributed by atoms with E-state index in [-0.39, 0.29) is 28.6 Å². The number of hydrogen-bond acceptors (Lipinski definition) is 5. The number of rotatable bonds is 6. The van der Waals surface area contributed by atoms with Gasteiger partial charge in [0.1, 0.15) is 0 Å². The second-order valence-electron chi connectivity index (χ2n) is 10.9. The van der Waals surface area contributed by atoms with E-state index >= 15 is 0 Å². The smallest absolute Gasteiger partial charge is 0.308 e. The summed E-state index contributed by atoms with van der Waals surface area (Å²) in [5.74, 6) is 0.00384. The third kappa shape index (κ3) is 5.03. The summed E-state index contributed by atoms with van der Waals surface area (Å²) in [4.78, 5) is 25.6. The molecule has 1 saturated heterocycles. The highest BCUT2D eigenvalue weighted by Gasteiger charge is 2.40. The summed E-state index contributed by atoms with van der Waals surface area (Å²) in [5.41, 5.74) is 2.40. The molecule has 1 aromatic rings. The number of hydrogen-bond donors (Lipinski definition) is 1. The van der Waals surface area contributed by atoms with Crippen LogP contribution in [-0.4, -0.2) is 48.0 Å². The molecule has 0 unspecified atom stereocenters. The van der Waals surface area contributed by atoms with Crippen molar-refractivity contribution in [2.75, 3.05) is 26.4 Å². The van der Waals surface area contributed by atoms with Crippen molar-refractivity contribution < 1.29 is 19.1 Å². The van der Waals surface area contributed by atoms with Crippen molar-refractivity contribution in [1.82, 2.24) is 15.1 Å². The molecule has 1 aliphatic carbocycles. The maximum atomic E-state index is 13.0. The largest absolute Gasteiger partial charge is 0.465 e. The van der Waals surface area contributed by atoms with Gasteiger partial charge in [-0.05, 0) is 43.9 Å². The average Bonchev–Trinajstić information content (AvgIpc) is 3.06. The summed E-state index contributed by atoms with van der Waals surface area (Å²) in [5, 5.41) is 8.04. The van der Waals surface area contributed by atoms with Crippen LogP contribution in [0.5, 0.6) is 0 Å². The molecule has 3 aliphatic rings. The predicted octanol–water partition coefficient (Wildman–Crippen LogP) is 3.68. The highest BCUT2D eigenvalue weighted by atomic mass is 16.5. The number of esters is 1. The number of carbonyl (C=O) groups excluding carboxylic acids is 2. The second-order valence-corrected chi connectivity index (χ2v) is 10.9. The fraction of sp³-hybridized carbons (Fsp3) is 0.800. The number of aromatic nitrogens is 2. The van der Waals surface area contributed by atoms with Crippen LogP contribution >= 0.6 is 0 Å². The van der Waals surface area contributed by atoms with Gasteiger partial charge in [0.15, 0.2) is 0 Å². The maximum absolute atomic E-state index is 13.0. The Balaban J connectivity index is 1.51. The van der Waals surface area contributed by atoms with Crippen LogP contribution in [0.2, 0.25) is 0 Å². The van der Waals surface area contributed by atoms with E-state index in [1.807, 2.05) is 11.6 Å². The first-order valence-electron chi connectivity index (χ1n) is 12.4. The van der Waals surface area contributed by atoms with Gasteiger partial charge in [-0.15, -0.1) is 0 Å². The Hall–Kier alpha value is -1.89. The molecule has 0 radical (unpaired) electrons. The third-order valence-corrected chi connectivity index (χ3v) is 7.53. The lowest BCUT2D eigenvalue weighted by atomic mass is 9.76. The summed E-state index contributed by atoms with van der Waals surface area (Å²) in [6.45, 7) is 9.42. The van der Waals surface area contributed by atoms with Crippen molar-refractivity contribution in [3.05, 3.63) is 17.0 Å². The van der Waals surface area contributed by atoms with Crippen LogP contribution in [0, 0.1) is 16.7 Å². The van der Waals surface area contributed by atoms with Gasteiger partial charge >= 0.3 is 5.97 Å². The minimum absolute atomic E-state index is 0.00648. The number of aryl methyl sites for hydroxylation is 1. The topological polar surface area (TPSA) is 82.5 Å². The van der Waals surface area contributed by atoms with Gasteiger partial charge in [-0.1, -0.05) is 40.0 Å². The Bertz CT molecular complexity index is 832. The zero-order chi connectivity index (χ0) is 22.8. The Kier molecular flexibility index (Phi) is 6.94. The maximum Gasteiger partial charge on any atom is 0.308 e. The molecule has 4 rings (SSSR count). The Morgan fingerprint density at radius 1 is 1.25 bits per heavy atom. The van der Waals surface area contributed by atoms with Gasteiger partial charge in [-0.3, -0.25) is 14.3 Å². The molecule has 1 spiro atoms. The molecule has 32 heavy (non-hydrogen) atoms. The van der Waals surface area contributed by atoms with Crippen molar-refractivity contribution in [3.8, 4) is 0 Å². The summed E-state index contributed by atoms with van der Waals surface area (Å²) in [6.07, 6.45) is 8.81. The summed E-state index contributed by atoms with van der Waals surface area (Å²) in [7, 11) is 0. The quantitative estimate of drug-likeness (QED) is 0.676. The Morgan fingerprint density at radius 2 is 1.97 bits per heavy atom. The van der Waals surface area contributed by atoms with Crippen LogP contribution in [0.3, 0.4) is 0 Å². The van der Waals surface area contributed by atoms with Crippen molar-refractivity contribution in [2.24, 2.45) is 16.7 Å². The number of fused-ring (bicyclic) bond motifs is 1. The summed E-state index contributed by atoms with van der Waals surface area (Å²) in [6, 6.07) is 0. The fourth-order valence-corrected chi connectivity index (χ4v) is 5.48. The number of nitrogens with zero attached hydrogens (tertiary/aromatic N) is 2. The number of nitrogens with one attached hydrogen (secondary N) is 1. The molecule has 7 nitrogen and oxygen atoms in total. The molecule has 1 aromatic heterocycles. The van der Waals surface area contributed by atoms with Crippen LogP contribution in [-0.2, 0) is 33.7 Å². The number of amides is 1. The van der Waals surface area contributed by atoms with Crippen molar-refractivity contribution in [3.63, 3.8) is 0 Å². The molecule has 0 bridgehead atoms. The lowest BCUT2D eigenvalue weighted by molar-refractivity contribution is -0.153. The molecule has 7 heteroatoms. The normalized spacial score (nSPS) is 21.7. The van der Waals surface area contributed by atoms with E-state index in [4.69, 9.17) is 14.6 Å². The minimum atomic E-state index is -0.277. The first-order valence-corrected chi connectivity index (χ1v) is 12.4. The van der Waals surface area contributed by atoms with Crippen molar-refractivity contribution in [1.29, 1.82) is 0 Å². The van der Waals surface area contributed by atoms with Crippen LogP contribution in [0.15, 0.2) is 0 Å². The van der Waals surface area contributed by atoms with Gasteiger partial charge in [0, 0.05) is 31.7 Å². The molecule has 178 valence electrons. The first-order chi connectivity index (χ1) is 15.3. The molecule has 3 heterocycles. The minimum Gasteiger partial charge on any atom is -0.465 e. The van der Waals surface area contributed by atoms with Gasteiger partial charge in [0.05, 0.1) is 29.5 Å². The van der Waals surface area contributed by atoms with E-state index in [0.717, 1.165) is 81.5 Å². The van der Waals surface area contributed by atoms with Gasteiger partial charge in [0.25, 0.3) is 5.91 Å². The van der Waals surface area contributed by atoms with Gasteiger partial charge in [-0.2, -0.15) is 5.10 Å². The van der Waals surface area contributed by atoms with Crippen molar-refractivity contribution in [2.45, 2.75) is 85.1 Å². The molecule has 2 aliphatic heterocycles. The zero-order valence-electron chi connectivity index (χ0n) is 20.0. The molecule has 2 fully saturated rings. The predicted molar refractivity (Wildman–Crippen MR) is 121 cm³/mol. The number of carbonyl (C=O) groups is 2. The lowest BCUT2D eigenvalue weighted by Gasteiger charge is -2.36. The molecule has 0 aromatic carbocycles. The highest BCUT2D eigenvalue weighted by Crippen LogP contribution is 2.38. The standard InChI is InChI=1S/C25H39N3O4/c1-4-19-21-20(14-25(15-26-22(21)29)10-12-31-13-11-25)28(27-19)16-24(2,3)17-32-23(30)18-8-6-5-7-9-18/h18H,4-17H2,1-3H3,(H,26,29). The number of ether oxygens (including phenoxy) is 2. The van der Waals surface area contributed by atoms with E-state index in [9.17, 15) is 9.59 Å². The van der Waals surface area contributed by atoms with Crippen LogP contribution in [0.25, 0.3) is 0 Å². The van der Waals surface area contributed by atoms with E-state index < -0.39 is 0 Å². The Labute approximate surface area is 191 Å². The third-order valence-electron chi connectivity index (χ3n) is 7.53. The molecule has 1 amide bonds. The monoisotopic (exact) mass is 445 g/mol. The average molecular weight is 446 g/mol. The summed E-state index contributed by atoms with van der Waals surface area (Å²) >= 11 is 0. The SMILES string of the molecule is CCc1nn(CC(C)(C)COC(=O)C2CCCCC2)c2c1C(=O)NCC1(CCOCC1)C2. The van der Waals surface area contributed by atoms with Gasteiger partial charge in [0.2, 0.25) is 0 Å². The lowest BCUT2D eigenvalue weighted by Crippen LogP contribution is -2.41. The van der Waals surface area contributed by atoms with Gasteiger partial charge in [-0.25, -0.2) is 0 Å². The van der Waals surface area contributed by atoms with Crippen LogP contribution < -0.4 is 5.32 Å². The molecular weight excluding hydrogens is 406 g/mol. The fourth-order valence-electron chi connectivity index (χ4n) is 5.48. The Morgan fingerprint density at radius 3 is 2.66 bits per heavy atom. The van der Waals surface area contributed by atoms with E-state index in [1.54, 1.807) is 0 Å². The van der Waals surface area contributed by atoms with E-state index in [1.165, 1.54) is 6.42 Å². The first kappa shape index (κ1) is 23.3. The van der Waals surface area contributed by atoms with E-state index in [0.29, 0.717) is 19.7 Å². The molecule has 1 saturated carbocycles. The van der Waals surface area contributed by atoms with Crippen LogP contribution in [0.4, 0.5) is 0 Å². The van der Waals surface area contributed by atoms with Gasteiger partial charge < -0.3 is 14.8 Å². The summed E-state index contributed by atoms with van der Waals surface area (Å²) < 4.78 is 13.4. The molecular formula is C25H39N3O4. The highest BCUT2D eigenvalue weighted by molar-refractivity contribution is 5.97.